The Hall–Kier alpha value is -3.16. The van der Waals surface area contributed by atoms with Crippen molar-refractivity contribution < 1.29 is 14.1 Å². The van der Waals surface area contributed by atoms with Gasteiger partial charge in [-0.1, -0.05) is 44.5 Å². The Morgan fingerprint density at radius 1 is 1.17 bits per heavy atom. The van der Waals surface area contributed by atoms with E-state index in [1.807, 2.05) is 31.2 Å². The second-order valence-electron chi connectivity index (χ2n) is 9.89. The van der Waals surface area contributed by atoms with Crippen LogP contribution >= 0.6 is 0 Å². The van der Waals surface area contributed by atoms with Crippen molar-refractivity contribution in [3.63, 3.8) is 0 Å². The van der Waals surface area contributed by atoms with Gasteiger partial charge in [0.2, 0.25) is 5.91 Å². The van der Waals surface area contributed by atoms with Crippen molar-refractivity contribution in [3.8, 4) is 5.75 Å². The molecular formula is C27H37N5O3. The normalized spacial score (nSPS) is 18.1. The molecule has 1 fully saturated rings. The Kier molecular flexibility index (Phi) is 8.21. The second kappa shape index (κ2) is 11.5. The number of fused-ring (bicyclic) bond motifs is 1. The molecule has 188 valence electrons. The minimum atomic E-state index is -0.0347. The van der Waals surface area contributed by atoms with E-state index in [9.17, 15) is 4.79 Å². The van der Waals surface area contributed by atoms with Gasteiger partial charge >= 0.3 is 0 Å². The van der Waals surface area contributed by atoms with E-state index >= 15 is 0 Å². The summed E-state index contributed by atoms with van der Waals surface area (Å²) in [5.41, 5.74) is 2.33. The lowest BCUT2D eigenvalue weighted by atomic mass is 9.92. The van der Waals surface area contributed by atoms with Gasteiger partial charge in [0.05, 0.1) is 12.3 Å². The summed E-state index contributed by atoms with van der Waals surface area (Å²) in [6.07, 6.45) is 4.12. The Labute approximate surface area is 207 Å². The number of nitrogens with zero attached hydrogens (tertiary/aromatic N) is 4. The fourth-order valence-electron chi connectivity index (χ4n) is 4.74. The first-order valence-corrected chi connectivity index (χ1v) is 12.8. The van der Waals surface area contributed by atoms with Crippen LogP contribution in [0.1, 0.15) is 63.5 Å². The molecule has 0 aliphatic carbocycles. The van der Waals surface area contributed by atoms with Crippen LogP contribution in [0.25, 0.3) is 11.1 Å². The van der Waals surface area contributed by atoms with Crippen LogP contribution in [0.4, 0.5) is 5.82 Å². The Bertz CT molecular complexity index is 1120. The highest BCUT2D eigenvalue weighted by molar-refractivity contribution is 5.88. The molecule has 1 aromatic carbocycles. The summed E-state index contributed by atoms with van der Waals surface area (Å²) in [4.78, 5) is 24.3. The summed E-state index contributed by atoms with van der Waals surface area (Å²) < 4.78 is 11.2. The first-order chi connectivity index (χ1) is 16.9. The average Bonchev–Trinajstić information content (AvgIpc) is 3.22. The minimum Gasteiger partial charge on any atom is -0.494 e. The van der Waals surface area contributed by atoms with Gasteiger partial charge < -0.3 is 19.5 Å². The fraction of sp³-hybridized carbons (Fsp3) is 0.556. The lowest BCUT2D eigenvalue weighted by Crippen LogP contribution is -2.39. The lowest BCUT2D eigenvalue weighted by Gasteiger charge is -2.36. The van der Waals surface area contributed by atoms with Crippen LogP contribution in [0.2, 0.25) is 0 Å². The number of amides is 1. The van der Waals surface area contributed by atoms with Crippen molar-refractivity contribution in [2.45, 2.75) is 66.3 Å². The zero-order chi connectivity index (χ0) is 24.8. The quantitative estimate of drug-likeness (QED) is 0.416. The maximum atomic E-state index is 12.5. The number of aryl methyl sites for hydroxylation is 2. The first-order valence-electron chi connectivity index (χ1n) is 12.8. The van der Waals surface area contributed by atoms with E-state index in [-0.39, 0.29) is 5.91 Å². The van der Waals surface area contributed by atoms with E-state index in [1.165, 1.54) is 6.42 Å². The summed E-state index contributed by atoms with van der Waals surface area (Å²) in [6, 6.07) is 7.86. The molecule has 4 rings (SSSR count). The molecule has 1 aliphatic heterocycles. The number of ether oxygens (including phenoxy) is 1. The zero-order valence-corrected chi connectivity index (χ0v) is 21.3. The molecular weight excluding hydrogens is 442 g/mol. The molecule has 0 bridgehead atoms. The summed E-state index contributed by atoms with van der Waals surface area (Å²) in [5.74, 6) is 3.50. The third-order valence-electron chi connectivity index (χ3n) is 6.46. The molecule has 0 radical (unpaired) electrons. The van der Waals surface area contributed by atoms with E-state index in [0.29, 0.717) is 42.8 Å². The lowest BCUT2D eigenvalue weighted by molar-refractivity contribution is -0.121. The first kappa shape index (κ1) is 24.9. The number of hydrogen-bond donors (Lipinski definition) is 1. The molecule has 8 heteroatoms. The molecule has 2 atom stereocenters. The second-order valence-corrected chi connectivity index (χ2v) is 9.89. The maximum absolute atomic E-state index is 12.5. The van der Waals surface area contributed by atoms with E-state index in [2.05, 4.69) is 41.1 Å². The SMILES string of the molecule is CCCCOc1ccc(CNC(=O)CCc2nc(N3C[C@@H](C)C[C@H](C)C3)c3c(C)noc3n2)cc1. The van der Waals surface area contributed by atoms with Gasteiger partial charge in [0.25, 0.3) is 5.71 Å². The number of carbonyl (C=O) groups is 1. The van der Waals surface area contributed by atoms with Crippen LogP contribution in [0.3, 0.4) is 0 Å². The summed E-state index contributed by atoms with van der Waals surface area (Å²) in [6.45, 7) is 11.7. The van der Waals surface area contributed by atoms with Crippen molar-refractivity contribution >= 4 is 22.8 Å². The number of hydrogen-bond acceptors (Lipinski definition) is 7. The van der Waals surface area contributed by atoms with Gasteiger partial charge in [0.1, 0.15) is 22.8 Å². The molecule has 0 unspecified atom stereocenters. The van der Waals surface area contributed by atoms with Crippen molar-refractivity contribution in [1.29, 1.82) is 0 Å². The Morgan fingerprint density at radius 3 is 2.63 bits per heavy atom. The molecule has 1 aliphatic rings. The van der Waals surface area contributed by atoms with Crippen LogP contribution in [0, 0.1) is 18.8 Å². The topological polar surface area (TPSA) is 93.4 Å². The molecule has 3 heterocycles. The number of nitrogens with one attached hydrogen (secondary N) is 1. The number of anilines is 1. The van der Waals surface area contributed by atoms with Gasteiger partial charge in [-0.2, -0.15) is 4.98 Å². The maximum Gasteiger partial charge on any atom is 0.263 e. The highest BCUT2D eigenvalue weighted by Crippen LogP contribution is 2.32. The summed E-state index contributed by atoms with van der Waals surface area (Å²) in [5, 5.41) is 7.99. The van der Waals surface area contributed by atoms with Crippen LogP contribution in [-0.4, -0.2) is 40.7 Å². The van der Waals surface area contributed by atoms with Gasteiger partial charge in [0.15, 0.2) is 0 Å². The monoisotopic (exact) mass is 479 g/mol. The highest BCUT2D eigenvalue weighted by atomic mass is 16.5. The minimum absolute atomic E-state index is 0.0347. The Balaban J connectivity index is 1.36. The van der Waals surface area contributed by atoms with Crippen molar-refractivity contribution in [2.75, 3.05) is 24.6 Å². The molecule has 1 N–H and O–H groups in total. The predicted molar refractivity (Wildman–Crippen MR) is 137 cm³/mol. The van der Waals surface area contributed by atoms with Crippen LogP contribution < -0.4 is 15.0 Å². The number of piperidine rings is 1. The van der Waals surface area contributed by atoms with Crippen LogP contribution in [0.5, 0.6) is 5.75 Å². The van der Waals surface area contributed by atoms with E-state index in [1.54, 1.807) is 0 Å². The largest absolute Gasteiger partial charge is 0.494 e. The third kappa shape index (κ3) is 6.50. The van der Waals surface area contributed by atoms with Gasteiger partial charge in [-0.05, 0) is 49.3 Å². The number of unbranched alkanes of at least 4 members (excludes halogenated alkanes) is 1. The molecule has 3 aromatic rings. The molecule has 35 heavy (non-hydrogen) atoms. The van der Waals surface area contributed by atoms with Crippen molar-refractivity contribution in [3.05, 3.63) is 41.3 Å². The number of rotatable bonds is 10. The summed E-state index contributed by atoms with van der Waals surface area (Å²) in [7, 11) is 0. The van der Waals surface area contributed by atoms with Crippen LogP contribution in [-0.2, 0) is 17.8 Å². The smallest absolute Gasteiger partial charge is 0.263 e. The molecule has 0 spiro atoms. The van der Waals surface area contributed by atoms with Gasteiger partial charge in [-0.3, -0.25) is 4.79 Å². The van der Waals surface area contributed by atoms with E-state index < -0.39 is 0 Å². The number of carbonyl (C=O) groups excluding carboxylic acids is 1. The third-order valence-corrected chi connectivity index (χ3v) is 6.46. The fourth-order valence-corrected chi connectivity index (χ4v) is 4.74. The van der Waals surface area contributed by atoms with Crippen LogP contribution in [0.15, 0.2) is 28.8 Å². The Morgan fingerprint density at radius 2 is 1.91 bits per heavy atom. The van der Waals surface area contributed by atoms with Gasteiger partial charge in [0, 0.05) is 32.5 Å². The predicted octanol–water partition coefficient (Wildman–Crippen LogP) is 4.84. The standard InChI is InChI=1S/C27H37N5O3/c1-5-6-13-34-22-9-7-21(8-10-22)15-28-24(33)12-11-23-29-26(25-20(4)31-35-27(25)30-23)32-16-18(2)14-19(3)17-32/h7-10,18-19H,5-6,11-17H2,1-4H3,(H,28,33)/t18-,19-/m0/s1. The molecule has 0 saturated carbocycles. The molecule has 8 nitrogen and oxygen atoms in total. The number of benzene rings is 1. The molecule has 1 saturated heterocycles. The summed E-state index contributed by atoms with van der Waals surface area (Å²) >= 11 is 0. The molecule has 1 amide bonds. The molecule has 2 aromatic heterocycles. The number of aromatic nitrogens is 3. The van der Waals surface area contributed by atoms with E-state index in [4.69, 9.17) is 14.2 Å². The van der Waals surface area contributed by atoms with Gasteiger partial charge in [-0.25, -0.2) is 4.98 Å². The zero-order valence-electron chi connectivity index (χ0n) is 21.3. The van der Waals surface area contributed by atoms with Crippen molar-refractivity contribution in [2.24, 2.45) is 11.8 Å². The highest BCUT2D eigenvalue weighted by Gasteiger charge is 2.27. The van der Waals surface area contributed by atoms with Gasteiger partial charge in [-0.15, -0.1) is 0 Å². The van der Waals surface area contributed by atoms with Crippen molar-refractivity contribution in [1.82, 2.24) is 20.4 Å². The average molecular weight is 480 g/mol. The van der Waals surface area contributed by atoms with E-state index in [0.717, 1.165) is 60.7 Å².